The number of thiophene rings is 1. The Morgan fingerprint density at radius 2 is 2.21 bits per heavy atom. The van der Waals surface area contributed by atoms with Gasteiger partial charge in [0.05, 0.1) is 0 Å². The van der Waals surface area contributed by atoms with Crippen LogP contribution in [0.15, 0.2) is 30.2 Å². The van der Waals surface area contributed by atoms with Gasteiger partial charge in [-0.2, -0.15) is 0 Å². The molecule has 0 unspecified atom stereocenters. The van der Waals surface area contributed by atoms with Gasteiger partial charge in [0.15, 0.2) is 0 Å². The highest BCUT2D eigenvalue weighted by Crippen LogP contribution is 2.28. The van der Waals surface area contributed by atoms with Crippen LogP contribution in [-0.2, 0) is 6.42 Å². The van der Waals surface area contributed by atoms with Crippen molar-refractivity contribution in [2.75, 3.05) is 0 Å². The average molecular weight is 202 g/mol. The molecule has 1 heterocycles. The van der Waals surface area contributed by atoms with Crippen molar-refractivity contribution in [3.05, 3.63) is 41.3 Å². The molecular weight excluding hydrogens is 188 g/mol. The Hall–Kier alpha value is -1.08. The fraction of sp³-hybridized carbons (Fsp3) is 0.231. The fourth-order valence-corrected chi connectivity index (χ4v) is 2.65. The molecule has 0 saturated heterocycles. The van der Waals surface area contributed by atoms with Crippen molar-refractivity contribution in [1.82, 2.24) is 0 Å². The predicted octanol–water partition coefficient (Wildman–Crippen LogP) is 4.50. The highest BCUT2D eigenvalue weighted by molar-refractivity contribution is 7.17. The molecule has 1 aromatic carbocycles. The Morgan fingerprint density at radius 1 is 1.43 bits per heavy atom. The zero-order valence-corrected chi connectivity index (χ0v) is 9.45. The summed E-state index contributed by atoms with van der Waals surface area (Å²) >= 11 is 1.83. The van der Waals surface area contributed by atoms with Crippen LogP contribution in [0, 0.1) is 0 Å². The Kier molecular flexibility index (Phi) is 2.42. The van der Waals surface area contributed by atoms with E-state index in [1.54, 1.807) is 0 Å². The molecule has 0 spiro atoms. The van der Waals surface area contributed by atoms with Crippen LogP contribution in [-0.4, -0.2) is 0 Å². The summed E-state index contributed by atoms with van der Waals surface area (Å²) in [6.07, 6.45) is 1.11. The van der Waals surface area contributed by atoms with E-state index in [4.69, 9.17) is 0 Å². The van der Waals surface area contributed by atoms with E-state index < -0.39 is 0 Å². The van der Waals surface area contributed by atoms with Gasteiger partial charge in [-0.15, -0.1) is 11.3 Å². The number of hydrogen-bond donors (Lipinski definition) is 0. The zero-order valence-electron chi connectivity index (χ0n) is 8.63. The van der Waals surface area contributed by atoms with E-state index in [-0.39, 0.29) is 0 Å². The molecule has 0 aliphatic rings. The summed E-state index contributed by atoms with van der Waals surface area (Å²) in [7, 11) is 0. The molecule has 14 heavy (non-hydrogen) atoms. The van der Waals surface area contributed by atoms with Crippen molar-refractivity contribution in [1.29, 1.82) is 0 Å². The number of rotatable bonds is 2. The SMILES string of the molecule is C=C(C)c1ccc2scc(CC)c2c1. The first-order chi connectivity index (χ1) is 6.72. The van der Waals surface area contributed by atoms with Crippen molar-refractivity contribution < 1.29 is 0 Å². The maximum absolute atomic E-state index is 3.98. The maximum Gasteiger partial charge on any atom is 0.0346 e. The Labute approximate surface area is 88.9 Å². The molecule has 0 amide bonds. The van der Waals surface area contributed by atoms with Gasteiger partial charge < -0.3 is 0 Å². The molecule has 0 aliphatic heterocycles. The molecule has 2 aromatic rings. The first-order valence-corrected chi connectivity index (χ1v) is 5.76. The van der Waals surface area contributed by atoms with Crippen molar-refractivity contribution in [3.63, 3.8) is 0 Å². The lowest BCUT2D eigenvalue weighted by Crippen LogP contribution is -1.79. The van der Waals surface area contributed by atoms with Gasteiger partial charge in [0, 0.05) is 4.70 Å². The summed E-state index contributed by atoms with van der Waals surface area (Å²) in [4.78, 5) is 0. The molecule has 0 N–H and O–H groups in total. The molecule has 1 aromatic heterocycles. The highest BCUT2D eigenvalue weighted by Gasteiger charge is 2.03. The smallest absolute Gasteiger partial charge is 0.0346 e. The molecule has 1 heteroatoms. The van der Waals surface area contributed by atoms with E-state index in [2.05, 4.69) is 44.0 Å². The topological polar surface area (TPSA) is 0 Å². The van der Waals surface area contributed by atoms with Crippen LogP contribution in [0.25, 0.3) is 15.7 Å². The van der Waals surface area contributed by atoms with Gasteiger partial charge in [-0.25, -0.2) is 0 Å². The van der Waals surface area contributed by atoms with Gasteiger partial charge in [0.25, 0.3) is 0 Å². The van der Waals surface area contributed by atoms with Gasteiger partial charge in [-0.1, -0.05) is 25.1 Å². The number of allylic oxidation sites excluding steroid dienone is 1. The number of benzene rings is 1. The van der Waals surface area contributed by atoms with Crippen LogP contribution in [0.2, 0.25) is 0 Å². The minimum atomic E-state index is 1.11. The van der Waals surface area contributed by atoms with E-state index in [1.165, 1.54) is 21.2 Å². The monoisotopic (exact) mass is 202 g/mol. The van der Waals surface area contributed by atoms with Gasteiger partial charge in [0.2, 0.25) is 0 Å². The zero-order chi connectivity index (χ0) is 10.1. The number of aryl methyl sites for hydroxylation is 1. The Bertz CT molecular complexity index is 477. The maximum atomic E-state index is 3.98. The molecule has 0 nitrogen and oxygen atoms in total. The highest BCUT2D eigenvalue weighted by atomic mass is 32.1. The first kappa shape index (κ1) is 9.47. The first-order valence-electron chi connectivity index (χ1n) is 4.88. The predicted molar refractivity (Wildman–Crippen MR) is 65.9 cm³/mol. The minimum absolute atomic E-state index is 1.11. The van der Waals surface area contributed by atoms with E-state index in [0.29, 0.717) is 0 Å². The summed E-state index contributed by atoms with van der Waals surface area (Å²) in [5.41, 5.74) is 3.85. The third-order valence-electron chi connectivity index (χ3n) is 2.53. The number of hydrogen-bond acceptors (Lipinski definition) is 1. The van der Waals surface area contributed by atoms with E-state index in [9.17, 15) is 0 Å². The Morgan fingerprint density at radius 3 is 2.86 bits per heavy atom. The molecule has 0 atom stereocenters. The lowest BCUT2D eigenvalue weighted by molar-refractivity contribution is 1.17. The molecule has 0 radical (unpaired) electrons. The standard InChI is InChI=1S/C13H14S/c1-4-10-8-14-13-6-5-11(9(2)3)7-12(10)13/h5-8H,2,4H2,1,3H3. The van der Waals surface area contributed by atoms with Gasteiger partial charge >= 0.3 is 0 Å². The molecule has 0 fully saturated rings. The second-order valence-electron chi connectivity index (χ2n) is 3.61. The van der Waals surface area contributed by atoms with Crippen LogP contribution in [0.3, 0.4) is 0 Å². The second kappa shape index (κ2) is 3.58. The molecule has 0 saturated carbocycles. The molecular formula is C13H14S. The summed E-state index contributed by atoms with van der Waals surface area (Å²) in [5.74, 6) is 0. The van der Waals surface area contributed by atoms with Crippen LogP contribution in [0.1, 0.15) is 25.0 Å². The number of fused-ring (bicyclic) bond motifs is 1. The van der Waals surface area contributed by atoms with E-state index in [0.717, 1.165) is 12.0 Å². The van der Waals surface area contributed by atoms with Crippen LogP contribution in [0.5, 0.6) is 0 Å². The fourth-order valence-electron chi connectivity index (χ4n) is 1.62. The van der Waals surface area contributed by atoms with Crippen molar-refractivity contribution in [2.24, 2.45) is 0 Å². The van der Waals surface area contributed by atoms with Gasteiger partial charge in [-0.3, -0.25) is 0 Å². The summed E-state index contributed by atoms with van der Waals surface area (Å²) < 4.78 is 1.38. The van der Waals surface area contributed by atoms with Crippen molar-refractivity contribution >= 4 is 27.0 Å². The quantitative estimate of drug-likeness (QED) is 0.672. The van der Waals surface area contributed by atoms with Crippen LogP contribution in [0.4, 0.5) is 0 Å². The van der Waals surface area contributed by atoms with Crippen LogP contribution < -0.4 is 0 Å². The molecule has 0 bridgehead atoms. The van der Waals surface area contributed by atoms with E-state index in [1.807, 2.05) is 11.3 Å². The molecule has 2 rings (SSSR count). The Balaban J connectivity index is 2.67. The van der Waals surface area contributed by atoms with Gasteiger partial charge in [-0.05, 0) is 47.4 Å². The van der Waals surface area contributed by atoms with Gasteiger partial charge in [0.1, 0.15) is 0 Å². The third kappa shape index (κ3) is 1.48. The lowest BCUT2D eigenvalue weighted by atomic mass is 10.0. The van der Waals surface area contributed by atoms with Crippen LogP contribution >= 0.6 is 11.3 Å². The summed E-state index contributed by atoms with van der Waals surface area (Å²) in [6.45, 7) is 8.23. The van der Waals surface area contributed by atoms with Crippen molar-refractivity contribution in [3.8, 4) is 0 Å². The second-order valence-corrected chi connectivity index (χ2v) is 4.52. The average Bonchev–Trinajstić information content (AvgIpc) is 2.59. The molecule has 0 aliphatic carbocycles. The molecule has 72 valence electrons. The normalized spacial score (nSPS) is 10.7. The van der Waals surface area contributed by atoms with Crippen molar-refractivity contribution in [2.45, 2.75) is 20.3 Å². The summed E-state index contributed by atoms with van der Waals surface area (Å²) in [5, 5.41) is 3.66. The minimum Gasteiger partial charge on any atom is -0.144 e. The van der Waals surface area contributed by atoms with E-state index >= 15 is 0 Å². The lowest BCUT2D eigenvalue weighted by Gasteiger charge is -2.00. The summed E-state index contributed by atoms with van der Waals surface area (Å²) in [6, 6.07) is 6.61. The largest absolute Gasteiger partial charge is 0.144 e. The third-order valence-corrected chi connectivity index (χ3v) is 3.54.